The number of aliphatic hydroxyl groups is 1. The number of hydrogen-bond donors (Lipinski definition) is 1. The summed E-state index contributed by atoms with van der Waals surface area (Å²) in [6, 6.07) is 11.3. The zero-order valence-electron chi connectivity index (χ0n) is 15.8. The van der Waals surface area contributed by atoms with Crippen LogP contribution in [0.2, 0.25) is 0 Å². The van der Waals surface area contributed by atoms with Gasteiger partial charge in [0.25, 0.3) is 0 Å². The fraction of sp³-hybridized carbons (Fsp3) is 0.273. The number of halogens is 1. The Balaban J connectivity index is 1.63. The number of pyridine rings is 1. The second kappa shape index (κ2) is 6.87. The third-order valence-electron chi connectivity index (χ3n) is 5.68. The zero-order chi connectivity index (χ0) is 19.9. The van der Waals surface area contributed by atoms with Gasteiger partial charge in [-0.2, -0.15) is 9.83 Å². The maximum atomic E-state index is 13.2. The van der Waals surface area contributed by atoms with Crippen molar-refractivity contribution in [3.05, 3.63) is 88.4 Å². The van der Waals surface area contributed by atoms with Crippen molar-refractivity contribution in [2.24, 2.45) is 5.41 Å². The molecule has 2 unspecified atom stereocenters. The van der Waals surface area contributed by atoms with Crippen molar-refractivity contribution >= 4 is 6.08 Å². The lowest BCUT2D eigenvalue weighted by molar-refractivity contribution is -0.618. The Hall–Kier alpha value is -2.99. The molecule has 1 aliphatic carbocycles. The summed E-state index contributed by atoms with van der Waals surface area (Å²) in [5, 5.41) is 27.1. The fourth-order valence-electron chi connectivity index (χ4n) is 3.87. The minimum atomic E-state index is -0.860. The van der Waals surface area contributed by atoms with Crippen LogP contribution in [0, 0.1) is 16.4 Å². The average molecular weight is 379 g/mol. The van der Waals surface area contributed by atoms with Crippen LogP contribution in [-0.2, 0) is 6.42 Å². The third kappa shape index (κ3) is 3.20. The van der Waals surface area contributed by atoms with Gasteiger partial charge in [0.05, 0.1) is 17.6 Å². The molecule has 2 aromatic heterocycles. The summed E-state index contributed by atoms with van der Waals surface area (Å²) in [6.45, 7) is 4.13. The highest BCUT2D eigenvalue weighted by molar-refractivity contribution is 5.60. The number of fused-ring (bicyclic) bond motifs is 1. The van der Waals surface area contributed by atoms with Gasteiger partial charge in [-0.25, -0.2) is 9.07 Å². The summed E-state index contributed by atoms with van der Waals surface area (Å²) in [5.74, 6) is -0.283. The number of nitrogens with zero attached hydrogens (tertiary/aromatic N) is 3. The van der Waals surface area contributed by atoms with Crippen molar-refractivity contribution in [1.29, 1.82) is 0 Å². The Labute approximate surface area is 163 Å². The van der Waals surface area contributed by atoms with Crippen molar-refractivity contribution in [1.82, 2.24) is 9.78 Å². The Morgan fingerprint density at radius 1 is 1.29 bits per heavy atom. The highest BCUT2D eigenvalue weighted by Gasteiger charge is 2.36. The lowest BCUT2D eigenvalue weighted by atomic mass is 9.70. The summed E-state index contributed by atoms with van der Waals surface area (Å²) in [5.41, 5.74) is 3.99. The lowest BCUT2D eigenvalue weighted by Crippen LogP contribution is -2.35. The van der Waals surface area contributed by atoms with E-state index >= 15 is 0 Å². The van der Waals surface area contributed by atoms with Crippen LogP contribution in [0.5, 0.6) is 0 Å². The molecule has 0 saturated carbocycles. The molecule has 0 spiro atoms. The Bertz CT molecular complexity index is 1040. The first-order chi connectivity index (χ1) is 13.4. The highest BCUT2D eigenvalue weighted by Crippen LogP contribution is 2.44. The lowest BCUT2D eigenvalue weighted by Gasteiger charge is -2.35. The van der Waals surface area contributed by atoms with E-state index in [1.807, 2.05) is 13.1 Å². The molecular weight excluding hydrogens is 357 g/mol. The van der Waals surface area contributed by atoms with Crippen molar-refractivity contribution in [3.63, 3.8) is 0 Å². The topological polar surface area (TPSA) is 65.0 Å². The van der Waals surface area contributed by atoms with Gasteiger partial charge in [-0.1, -0.05) is 12.5 Å². The quantitative estimate of drug-likeness (QED) is 0.555. The standard InChI is InChI=1S/C22H22FN3O2/c1-15-11-20-16(14-24-26(20)18-8-6-17(23)7-9-18)12-22(15,2)13-21(27)19-5-3-4-10-25(19)28/h3-11,14,21,27H,12-13H2,1-2H3. The van der Waals surface area contributed by atoms with Crippen molar-refractivity contribution in [2.75, 3.05) is 0 Å². The van der Waals surface area contributed by atoms with Crippen LogP contribution < -0.4 is 4.73 Å². The van der Waals surface area contributed by atoms with E-state index in [0.717, 1.165) is 22.5 Å². The van der Waals surface area contributed by atoms with E-state index in [1.54, 1.807) is 35.0 Å². The zero-order valence-corrected chi connectivity index (χ0v) is 15.8. The van der Waals surface area contributed by atoms with E-state index in [0.29, 0.717) is 23.3 Å². The second-order valence-electron chi connectivity index (χ2n) is 7.68. The van der Waals surface area contributed by atoms with Gasteiger partial charge in [0, 0.05) is 12.1 Å². The van der Waals surface area contributed by atoms with Gasteiger partial charge in [-0.15, -0.1) is 0 Å². The van der Waals surface area contributed by atoms with Crippen LogP contribution in [0.25, 0.3) is 11.8 Å². The number of allylic oxidation sites excluding steroid dienone is 1. The molecule has 5 nitrogen and oxygen atoms in total. The van der Waals surface area contributed by atoms with Crippen LogP contribution >= 0.6 is 0 Å². The summed E-state index contributed by atoms with van der Waals surface area (Å²) in [6.07, 6.45) is 5.56. The Kier molecular flexibility index (Phi) is 4.51. The van der Waals surface area contributed by atoms with Gasteiger partial charge in [0.15, 0.2) is 6.20 Å². The predicted molar refractivity (Wildman–Crippen MR) is 104 cm³/mol. The molecule has 2 atom stereocenters. The van der Waals surface area contributed by atoms with Gasteiger partial charge < -0.3 is 10.3 Å². The number of rotatable bonds is 4. The molecule has 1 aliphatic rings. The van der Waals surface area contributed by atoms with Gasteiger partial charge >= 0.3 is 0 Å². The van der Waals surface area contributed by atoms with Crippen molar-refractivity contribution in [3.8, 4) is 5.69 Å². The van der Waals surface area contributed by atoms with Crippen LogP contribution in [0.3, 0.4) is 0 Å². The molecule has 2 heterocycles. The number of aliphatic hydroxyl groups excluding tert-OH is 1. The molecule has 0 bridgehead atoms. The first-order valence-corrected chi connectivity index (χ1v) is 9.25. The van der Waals surface area contributed by atoms with Crippen LogP contribution in [0.4, 0.5) is 4.39 Å². The summed E-state index contributed by atoms with van der Waals surface area (Å²) < 4.78 is 15.8. The van der Waals surface area contributed by atoms with Crippen molar-refractivity contribution < 1.29 is 14.2 Å². The number of benzene rings is 1. The SMILES string of the molecule is CC1=Cc2c(cnn2-c2ccc(F)cc2)CC1(C)CC(O)c1cccc[n+]1[O-]. The molecule has 6 heteroatoms. The molecule has 144 valence electrons. The van der Waals surface area contributed by atoms with Gasteiger partial charge in [0.1, 0.15) is 11.9 Å². The van der Waals surface area contributed by atoms with Crippen LogP contribution in [0.15, 0.2) is 60.4 Å². The van der Waals surface area contributed by atoms with E-state index in [9.17, 15) is 14.7 Å². The average Bonchev–Trinajstić information content (AvgIpc) is 3.05. The molecule has 1 N–H and O–H groups in total. The molecule has 3 aromatic rings. The van der Waals surface area contributed by atoms with Gasteiger partial charge in [0.2, 0.25) is 5.69 Å². The Morgan fingerprint density at radius 3 is 2.75 bits per heavy atom. The molecule has 0 fully saturated rings. The monoisotopic (exact) mass is 379 g/mol. The minimum absolute atomic E-state index is 0.283. The molecule has 0 saturated heterocycles. The minimum Gasteiger partial charge on any atom is -0.618 e. The fourth-order valence-corrected chi connectivity index (χ4v) is 3.87. The summed E-state index contributed by atoms with van der Waals surface area (Å²) >= 11 is 0. The van der Waals surface area contributed by atoms with E-state index in [4.69, 9.17) is 0 Å². The molecular formula is C22H22FN3O2. The second-order valence-corrected chi connectivity index (χ2v) is 7.68. The van der Waals surface area contributed by atoms with E-state index in [-0.39, 0.29) is 11.2 Å². The molecule has 4 rings (SSSR count). The number of aromatic nitrogens is 3. The van der Waals surface area contributed by atoms with E-state index < -0.39 is 6.10 Å². The maximum Gasteiger partial charge on any atom is 0.221 e. The molecule has 28 heavy (non-hydrogen) atoms. The maximum absolute atomic E-state index is 13.2. The molecule has 0 radical (unpaired) electrons. The summed E-state index contributed by atoms with van der Waals surface area (Å²) in [7, 11) is 0. The molecule has 0 aliphatic heterocycles. The van der Waals surface area contributed by atoms with E-state index in [1.165, 1.54) is 18.3 Å². The third-order valence-corrected chi connectivity index (χ3v) is 5.68. The van der Waals surface area contributed by atoms with E-state index in [2.05, 4.69) is 18.1 Å². The first-order valence-electron chi connectivity index (χ1n) is 9.25. The highest BCUT2D eigenvalue weighted by atomic mass is 19.1. The molecule has 0 amide bonds. The smallest absolute Gasteiger partial charge is 0.221 e. The largest absolute Gasteiger partial charge is 0.618 e. The van der Waals surface area contributed by atoms with Gasteiger partial charge in [-0.3, -0.25) is 0 Å². The summed E-state index contributed by atoms with van der Waals surface area (Å²) in [4.78, 5) is 0. The Morgan fingerprint density at radius 2 is 2.04 bits per heavy atom. The molecule has 1 aromatic carbocycles. The van der Waals surface area contributed by atoms with Gasteiger partial charge in [-0.05, 0) is 67.2 Å². The predicted octanol–water partition coefficient (Wildman–Crippen LogP) is 3.73. The van der Waals surface area contributed by atoms with Crippen LogP contribution in [-0.4, -0.2) is 14.9 Å². The first kappa shape index (κ1) is 18.4. The van der Waals surface area contributed by atoms with Crippen LogP contribution in [0.1, 0.15) is 43.3 Å². The number of hydrogen-bond acceptors (Lipinski definition) is 3. The normalized spacial score (nSPS) is 19.8. The van der Waals surface area contributed by atoms with Crippen molar-refractivity contribution in [2.45, 2.75) is 32.8 Å².